The van der Waals surface area contributed by atoms with E-state index in [0.717, 1.165) is 15.7 Å². The molecule has 6 nitrogen and oxygen atoms in total. The van der Waals surface area contributed by atoms with Gasteiger partial charge < -0.3 is 5.73 Å². The quantitative estimate of drug-likeness (QED) is 0.350. The summed E-state index contributed by atoms with van der Waals surface area (Å²) in [4.78, 5) is 18.5. The summed E-state index contributed by atoms with van der Waals surface area (Å²) >= 11 is 9.52. The van der Waals surface area contributed by atoms with Gasteiger partial charge in [0.05, 0.1) is 17.6 Å². The molecule has 0 fully saturated rings. The van der Waals surface area contributed by atoms with Crippen LogP contribution in [-0.2, 0) is 0 Å². The highest BCUT2D eigenvalue weighted by Gasteiger charge is 2.18. The number of hydrogen-bond acceptors (Lipinski definition) is 4. The lowest BCUT2D eigenvalue weighted by Crippen LogP contribution is -2.22. The van der Waals surface area contributed by atoms with Crippen LogP contribution in [-0.4, -0.2) is 19.3 Å². The molecule has 2 aromatic heterocycles. The normalized spacial score (nSPS) is 11.2. The number of nitrogens with zero attached hydrogens (tertiary/aromatic N) is 4. The maximum atomic E-state index is 13.6. The second-order valence-electron chi connectivity index (χ2n) is 6.95. The summed E-state index contributed by atoms with van der Waals surface area (Å²) in [6, 6.07) is 22.0. The van der Waals surface area contributed by atoms with Gasteiger partial charge in [-0.3, -0.25) is 9.36 Å². The summed E-state index contributed by atoms with van der Waals surface area (Å²) in [5.74, 6) is 0.498. The summed E-state index contributed by atoms with van der Waals surface area (Å²) in [5, 5.41) is 5.41. The van der Waals surface area contributed by atoms with Crippen molar-refractivity contribution in [3.05, 3.63) is 98.8 Å². The third-order valence-electron chi connectivity index (χ3n) is 4.90. The fourth-order valence-corrected chi connectivity index (χ4v) is 3.83. The Labute approximate surface area is 190 Å². The first kappa shape index (κ1) is 19.5. The van der Waals surface area contributed by atoms with Gasteiger partial charge in [0, 0.05) is 20.7 Å². The molecular weight excluding hydrogens is 478 g/mol. The zero-order valence-electron chi connectivity index (χ0n) is 16.0. The first-order chi connectivity index (χ1) is 15.0. The Bertz CT molecular complexity index is 1470. The lowest BCUT2D eigenvalue weighted by atomic mass is 10.2. The predicted molar refractivity (Wildman–Crippen MR) is 127 cm³/mol. The van der Waals surface area contributed by atoms with E-state index in [1.165, 1.54) is 6.20 Å². The van der Waals surface area contributed by atoms with E-state index in [2.05, 4.69) is 21.0 Å². The van der Waals surface area contributed by atoms with Crippen LogP contribution in [0.2, 0.25) is 5.02 Å². The first-order valence-electron chi connectivity index (χ1n) is 9.40. The zero-order valence-corrected chi connectivity index (χ0v) is 18.4. The Morgan fingerprint density at radius 3 is 2.39 bits per heavy atom. The van der Waals surface area contributed by atoms with Crippen LogP contribution < -0.4 is 11.3 Å². The summed E-state index contributed by atoms with van der Waals surface area (Å²) < 4.78 is 4.14. The maximum Gasteiger partial charge on any atom is 0.269 e. The molecule has 152 valence electrons. The van der Waals surface area contributed by atoms with Crippen LogP contribution in [0.15, 0.2) is 88.3 Å². The minimum atomic E-state index is -0.222. The Morgan fingerprint density at radius 1 is 0.935 bits per heavy atom. The van der Waals surface area contributed by atoms with Crippen molar-refractivity contribution in [2.75, 3.05) is 5.73 Å². The van der Waals surface area contributed by atoms with Crippen LogP contribution in [0.1, 0.15) is 0 Å². The van der Waals surface area contributed by atoms with Gasteiger partial charge in [-0.2, -0.15) is 5.10 Å². The lowest BCUT2D eigenvalue weighted by molar-refractivity contribution is 0.889. The van der Waals surface area contributed by atoms with Gasteiger partial charge in [0.15, 0.2) is 5.65 Å². The van der Waals surface area contributed by atoms with Crippen LogP contribution in [0.25, 0.3) is 33.8 Å². The molecule has 5 aromatic rings. The number of benzene rings is 3. The standard InChI is InChI=1S/C23H15BrClN5O/c24-15-6-4-14(5-7-15)21-28-22-20(13-27-30(22)19-3-1-2-17(26)12-19)23(31)29(21)18-10-8-16(25)9-11-18/h1-13H,26H2. The number of aromatic nitrogens is 4. The van der Waals surface area contributed by atoms with Gasteiger partial charge in [0.2, 0.25) is 0 Å². The van der Waals surface area contributed by atoms with E-state index in [-0.39, 0.29) is 5.56 Å². The second-order valence-corrected chi connectivity index (χ2v) is 8.30. The van der Waals surface area contributed by atoms with Crippen molar-refractivity contribution >= 4 is 44.3 Å². The molecule has 0 aliphatic rings. The van der Waals surface area contributed by atoms with E-state index < -0.39 is 0 Å². The molecule has 0 bridgehead atoms. The molecule has 31 heavy (non-hydrogen) atoms. The average Bonchev–Trinajstić information content (AvgIpc) is 3.20. The van der Waals surface area contributed by atoms with Gasteiger partial charge in [-0.15, -0.1) is 0 Å². The number of nitrogens with two attached hydrogens (primary N) is 1. The monoisotopic (exact) mass is 491 g/mol. The minimum Gasteiger partial charge on any atom is -0.399 e. The van der Waals surface area contributed by atoms with Crippen molar-refractivity contribution in [1.29, 1.82) is 0 Å². The fourth-order valence-electron chi connectivity index (χ4n) is 3.44. The third-order valence-corrected chi connectivity index (χ3v) is 5.68. The summed E-state index contributed by atoms with van der Waals surface area (Å²) in [7, 11) is 0. The molecule has 2 N–H and O–H groups in total. The van der Waals surface area contributed by atoms with E-state index in [1.54, 1.807) is 45.6 Å². The molecule has 0 spiro atoms. The van der Waals surface area contributed by atoms with Gasteiger partial charge in [0.1, 0.15) is 11.2 Å². The molecule has 0 radical (unpaired) electrons. The Balaban J connectivity index is 1.84. The first-order valence-corrected chi connectivity index (χ1v) is 10.6. The number of fused-ring (bicyclic) bond motifs is 1. The molecule has 0 aliphatic heterocycles. The van der Waals surface area contributed by atoms with Crippen molar-refractivity contribution in [2.45, 2.75) is 0 Å². The Kier molecular flexibility index (Phi) is 4.84. The van der Waals surface area contributed by atoms with Gasteiger partial charge in [0.25, 0.3) is 5.56 Å². The molecule has 2 heterocycles. The predicted octanol–water partition coefficient (Wildman–Crippen LogP) is 5.24. The molecule has 0 unspecified atom stereocenters. The van der Waals surface area contributed by atoms with E-state index in [9.17, 15) is 4.79 Å². The molecule has 0 saturated heterocycles. The smallest absolute Gasteiger partial charge is 0.269 e. The molecule has 0 amide bonds. The zero-order chi connectivity index (χ0) is 21.5. The van der Waals surface area contributed by atoms with Crippen molar-refractivity contribution in [2.24, 2.45) is 0 Å². The van der Waals surface area contributed by atoms with E-state index in [4.69, 9.17) is 22.3 Å². The topological polar surface area (TPSA) is 78.7 Å². The highest BCUT2D eigenvalue weighted by molar-refractivity contribution is 9.10. The van der Waals surface area contributed by atoms with Crippen molar-refractivity contribution in [3.63, 3.8) is 0 Å². The Morgan fingerprint density at radius 2 is 1.68 bits per heavy atom. The maximum absolute atomic E-state index is 13.6. The number of nitrogen functional groups attached to an aromatic ring is 1. The molecule has 0 aliphatic carbocycles. The van der Waals surface area contributed by atoms with Crippen LogP contribution in [0.5, 0.6) is 0 Å². The summed E-state index contributed by atoms with van der Waals surface area (Å²) in [5.41, 5.74) is 8.96. The molecule has 0 saturated carbocycles. The highest BCUT2D eigenvalue weighted by Crippen LogP contribution is 2.25. The number of hydrogen-bond donors (Lipinski definition) is 1. The van der Waals surface area contributed by atoms with Crippen LogP contribution in [0, 0.1) is 0 Å². The van der Waals surface area contributed by atoms with Gasteiger partial charge in [-0.05, 0) is 54.6 Å². The SMILES string of the molecule is Nc1cccc(-n2ncc3c(=O)n(-c4ccc(Cl)cc4)c(-c4ccc(Br)cc4)nc32)c1. The molecular formula is C23H15BrClN5O. The van der Waals surface area contributed by atoms with Crippen molar-refractivity contribution in [3.8, 4) is 22.8 Å². The number of anilines is 1. The highest BCUT2D eigenvalue weighted by atomic mass is 79.9. The summed E-state index contributed by atoms with van der Waals surface area (Å²) in [6.45, 7) is 0. The largest absolute Gasteiger partial charge is 0.399 e. The number of halogens is 2. The number of rotatable bonds is 3. The van der Waals surface area contributed by atoms with E-state index in [0.29, 0.717) is 33.3 Å². The van der Waals surface area contributed by atoms with Crippen LogP contribution in [0.4, 0.5) is 5.69 Å². The molecule has 5 rings (SSSR count). The van der Waals surface area contributed by atoms with E-state index in [1.807, 2.05) is 36.4 Å². The molecule has 3 aromatic carbocycles. The van der Waals surface area contributed by atoms with Crippen molar-refractivity contribution < 1.29 is 0 Å². The fraction of sp³-hybridized carbons (Fsp3) is 0. The van der Waals surface area contributed by atoms with Gasteiger partial charge in [-0.1, -0.05) is 45.7 Å². The average molecular weight is 493 g/mol. The molecule has 8 heteroatoms. The van der Waals surface area contributed by atoms with E-state index >= 15 is 0 Å². The van der Waals surface area contributed by atoms with Crippen LogP contribution >= 0.6 is 27.5 Å². The van der Waals surface area contributed by atoms with Crippen molar-refractivity contribution in [1.82, 2.24) is 19.3 Å². The Hall–Kier alpha value is -3.42. The van der Waals surface area contributed by atoms with Gasteiger partial charge in [-0.25, -0.2) is 9.67 Å². The minimum absolute atomic E-state index is 0.222. The second kappa shape index (κ2) is 7.68. The molecule has 0 atom stereocenters. The van der Waals surface area contributed by atoms with Gasteiger partial charge >= 0.3 is 0 Å². The summed E-state index contributed by atoms with van der Waals surface area (Å²) in [6.07, 6.45) is 1.53. The third kappa shape index (κ3) is 3.52. The lowest BCUT2D eigenvalue weighted by Gasteiger charge is -2.14. The van der Waals surface area contributed by atoms with Crippen LogP contribution in [0.3, 0.4) is 0 Å².